The topological polar surface area (TPSA) is 69.7 Å². The largest absolute Gasteiger partial charge is 0.375 e. The number of benzene rings is 2. The lowest BCUT2D eigenvalue weighted by Crippen LogP contribution is -2.43. The first-order valence-corrected chi connectivity index (χ1v) is 12.8. The Kier molecular flexibility index (Phi) is 8.32. The molecule has 0 radical (unpaired) electrons. The number of para-hydroxylation sites is 1. The van der Waals surface area contributed by atoms with E-state index in [0.29, 0.717) is 37.4 Å². The predicted molar refractivity (Wildman–Crippen MR) is 129 cm³/mol. The number of sulfonamides is 1. The molecule has 1 N–H and O–H groups in total. The summed E-state index contributed by atoms with van der Waals surface area (Å²) in [5.41, 5.74) is 3.00. The third-order valence-corrected chi connectivity index (χ3v) is 8.25. The van der Waals surface area contributed by atoms with Crippen molar-refractivity contribution in [2.45, 2.75) is 44.4 Å². The SMILES string of the molecule is Cc1ccc(S(=O)(=O)N2CCC(C(=O)NCCCCN(C)c3ccccc3)CC2)c(C)c1. The lowest BCUT2D eigenvalue weighted by molar-refractivity contribution is -0.126. The van der Waals surface area contributed by atoms with Crippen LogP contribution in [0.4, 0.5) is 5.69 Å². The Morgan fingerprint density at radius 3 is 2.41 bits per heavy atom. The highest BCUT2D eigenvalue weighted by molar-refractivity contribution is 7.89. The van der Waals surface area contributed by atoms with Gasteiger partial charge in [-0.1, -0.05) is 35.9 Å². The Hall–Kier alpha value is -2.38. The third kappa shape index (κ3) is 6.11. The zero-order chi connectivity index (χ0) is 23.1. The van der Waals surface area contributed by atoms with Gasteiger partial charge in [-0.25, -0.2) is 8.42 Å². The van der Waals surface area contributed by atoms with Crippen molar-refractivity contribution in [2.75, 3.05) is 38.1 Å². The van der Waals surface area contributed by atoms with Crippen molar-refractivity contribution in [1.29, 1.82) is 0 Å². The summed E-state index contributed by atoms with van der Waals surface area (Å²) in [7, 11) is -1.44. The molecule has 6 nitrogen and oxygen atoms in total. The normalized spacial score (nSPS) is 15.5. The minimum Gasteiger partial charge on any atom is -0.375 e. The van der Waals surface area contributed by atoms with Gasteiger partial charge in [0.05, 0.1) is 4.90 Å². The molecule has 0 saturated carbocycles. The molecule has 1 saturated heterocycles. The predicted octanol–water partition coefficient (Wildman–Crippen LogP) is 3.74. The number of carbonyl (C=O) groups excluding carboxylic acids is 1. The molecule has 2 aromatic rings. The Labute approximate surface area is 192 Å². The van der Waals surface area contributed by atoms with E-state index < -0.39 is 10.0 Å². The van der Waals surface area contributed by atoms with Gasteiger partial charge in [-0.05, 0) is 63.3 Å². The van der Waals surface area contributed by atoms with E-state index in [1.165, 1.54) is 9.99 Å². The maximum Gasteiger partial charge on any atom is 0.243 e. The van der Waals surface area contributed by atoms with Crippen molar-refractivity contribution < 1.29 is 13.2 Å². The second kappa shape index (κ2) is 11.0. The Bertz CT molecular complexity index is 1000. The molecule has 0 aliphatic carbocycles. The second-order valence-corrected chi connectivity index (χ2v) is 10.6. The van der Waals surface area contributed by atoms with Crippen LogP contribution < -0.4 is 10.2 Å². The van der Waals surface area contributed by atoms with Crippen molar-refractivity contribution >= 4 is 21.6 Å². The first-order chi connectivity index (χ1) is 15.3. The van der Waals surface area contributed by atoms with Crippen LogP contribution in [-0.2, 0) is 14.8 Å². The highest BCUT2D eigenvalue weighted by atomic mass is 32.2. The van der Waals surface area contributed by atoms with Gasteiger partial charge >= 0.3 is 0 Å². The smallest absolute Gasteiger partial charge is 0.243 e. The molecule has 3 rings (SSSR count). The lowest BCUT2D eigenvalue weighted by atomic mass is 9.97. The van der Waals surface area contributed by atoms with Crippen LogP contribution in [0.25, 0.3) is 0 Å². The van der Waals surface area contributed by atoms with Gasteiger partial charge in [0.1, 0.15) is 0 Å². The van der Waals surface area contributed by atoms with E-state index in [0.717, 1.165) is 30.5 Å². The number of amides is 1. The molecule has 1 heterocycles. The molecule has 0 spiro atoms. The van der Waals surface area contributed by atoms with Gasteiger partial charge in [0.25, 0.3) is 0 Å². The number of aryl methyl sites for hydroxylation is 2. The highest BCUT2D eigenvalue weighted by Gasteiger charge is 2.32. The fourth-order valence-electron chi connectivity index (χ4n) is 4.23. The summed E-state index contributed by atoms with van der Waals surface area (Å²) in [4.78, 5) is 15.1. The van der Waals surface area contributed by atoms with E-state index in [1.54, 1.807) is 6.07 Å². The molecule has 1 amide bonds. The fourth-order valence-corrected chi connectivity index (χ4v) is 5.90. The van der Waals surface area contributed by atoms with E-state index in [4.69, 9.17) is 0 Å². The number of rotatable bonds is 9. The van der Waals surface area contributed by atoms with Gasteiger partial charge in [0.15, 0.2) is 0 Å². The van der Waals surface area contributed by atoms with Gasteiger partial charge < -0.3 is 10.2 Å². The Morgan fingerprint density at radius 2 is 1.75 bits per heavy atom. The standard InChI is InChI=1S/C25H35N3O3S/c1-20-11-12-24(21(2)19-20)32(30,31)28-17-13-22(14-18-28)25(29)26-15-7-8-16-27(3)23-9-5-4-6-10-23/h4-6,9-12,19,22H,7-8,13-18H2,1-3H3,(H,26,29). The average molecular weight is 458 g/mol. The molecule has 174 valence electrons. The average Bonchev–Trinajstić information content (AvgIpc) is 2.79. The zero-order valence-electron chi connectivity index (χ0n) is 19.4. The molecule has 7 heteroatoms. The molecule has 0 bridgehead atoms. The number of hydrogen-bond acceptors (Lipinski definition) is 4. The van der Waals surface area contributed by atoms with E-state index >= 15 is 0 Å². The first-order valence-electron chi connectivity index (χ1n) is 11.4. The quantitative estimate of drug-likeness (QED) is 0.583. The molecular formula is C25H35N3O3S. The number of unbranched alkanes of at least 4 members (excludes halogenated alkanes) is 1. The van der Waals surface area contributed by atoms with Crippen LogP contribution >= 0.6 is 0 Å². The summed E-state index contributed by atoms with van der Waals surface area (Å²) in [6.45, 7) is 6.15. The Balaban J connectivity index is 1.39. The molecule has 32 heavy (non-hydrogen) atoms. The summed E-state index contributed by atoms with van der Waals surface area (Å²) < 4.78 is 27.6. The monoisotopic (exact) mass is 457 g/mol. The lowest BCUT2D eigenvalue weighted by Gasteiger charge is -2.31. The summed E-state index contributed by atoms with van der Waals surface area (Å²) >= 11 is 0. The summed E-state index contributed by atoms with van der Waals surface area (Å²) in [6.07, 6.45) is 3.04. The molecule has 1 aliphatic heterocycles. The van der Waals surface area contributed by atoms with E-state index in [9.17, 15) is 13.2 Å². The van der Waals surface area contributed by atoms with Crippen LogP contribution in [0.5, 0.6) is 0 Å². The summed E-state index contributed by atoms with van der Waals surface area (Å²) in [5, 5.41) is 3.04. The van der Waals surface area contributed by atoms with Crippen molar-refractivity contribution in [3.63, 3.8) is 0 Å². The molecule has 1 aliphatic rings. The van der Waals surface area contributed by atoms with E-state index in [2.05, 4.69) is 29.4 Å². The van der Waals surface area contributed by atoms with Gasteiger partial charge in [-0.2, -0.15) is 4.31 Å². The van der Waals surface area contributed by atoms with E-state index in [1.807, 2.05) is 44.2 Å². The number of nitrogens with one attached hydrogen (secondary N) is 1. The van der Waals surface area contributed by atoms with Gasteiger partial charge in [-0.15, -0.1) is 0 Å². The zero-order valence-corrected chi connectivity index (χ0v) is 20.2. The van der Waals surface area contributed by atoms with Crippen molar-refractivity contribution in [2.24, 2.45) is 5.92 Å². The van der Waals surface area contributed by atoms with Crippen molar-refractivity contribution in [3.8, 4) is 0 Å². The Morgan fingerprint density at radius 1 is 1.06 bits per heavy atom. The van der Waals surface area contributed by atoms with Crippen LogP contribution in [0, 0.1) is 19.8 Å². The van der Waals surface area contributed by atoms with Crippen LogP contribution in [-0.4, -0.2) is 51.9 Å². The van der Waals surface area contributed by atoms with Crippen LogP contribution in [0.15, 0.2) is 53.4 Å². The number of anilines is 1. The minimum absolute atomic E-state index is 0.0463. The molecular weight excluding hydrogens is 422 g/mol. The molecule has 0 unspecified atom stereocenters. The summed E-state index contributed by atoms with van der Waals surface area (Å²) in [5.74, 6) is -0.0717. The number of nitrogens with zero attached hydrogens (tertiary/aromatic N) is 2. The minimum atomic E-state index is -3.52. The first kappa shape index (κ1) is 24.3. The van der Waals surface area contributed by atoms with Gasteiger partial charge in [0.2, 0.25) is 15.9 Å². The fraction of sp³-hybridized carbons (Fsp3) is 0.480. The molecule has 0 atom stereocenters. The molecule has 1 fully saturated rings. The number of piperidine rings is 1. The van der Waals surface area contributed by atoms with E-state index in [-0.39, 0.29) is 11.8 Å². The number of hydrogen-bond donors (Lipinski definition) is 1. The maximum absolute atomic E-state index is 13.0. The van der Waals surface area contributed by atoms with Crippen LogP contribution in [0.3, 0.4) is 0 Å². The third-order valence-electron chi connectivity index (χ3n) is 6.19. The second-order valence-electron chi connectivity index (χ2n) is 8.70. The highest BCUT2D eigenvalue weighted by Crippen LogP contribution is 2.26. The molecule has 0 aromatic heterocycles. The van der Waals surface area contributed by atoms with Crippen LogP contribution in [0.1, 0.15) is 36.8 Å². The number of carbonyl (C=O) groups is 1. The summed E-state index contributed by atoms with van der Waals surface area (Å²) in [6, 6.07) is 15.7. The van der Waals surface area contributed by atoms with Crippen LogP contribution in [0.2, 0.25) is 0 Å². The molecule has 2 aromatic carbocycles. The van der Waals surface area contributed by atoms with Gasteiger partial charge in [0, 0.05) is 44.8 Å². The van der Waals surface area contributed by atoms with Crippen molar-refractivity contribution in [3.05, 3.63) is 59.7 Å². The van der Waals surface area contributed by atoms with Crippen molar-refractivity contribution in [1.82, 2.24) is 9.62 Å². The maximum atomic E-state index is 13.0. The van der Waals surface area contributed by atoms with Gasteiger partial charge in [-0.3, -0.25) is 4.79 Å².